The molecule has 2 aromatic carbocycles. The molecule has 144 valence electrons. The lowest BCUT2D eigenvalue weighted by atomic mass is 9.96. The van der Waals surface area contributed by atoms with Crippen molar-refractivity contribution < 1.29 is 14.7 Å². The van der Waals surface area contributed by atoms with E-state index in [1.807, 2.05) is 44.2 Å². The van der Waals surface area contributed by atoms with Crippen LogP contribution in [0.3, 0.4) is 0 Å². The van der Waals surface area contributed by atoms with E-state index in [0.717, 1.165) is 11.1 Å². The number of carbonyl (C=O) groups excluding carboxylic acids is 2. The largest absolute Gasteiger partial charge is 0.507 e. The van der Waals surface area contributed by atoms with Crippen molar-refractivity contribution in [1.82, 2.24) is 4.98 Å². The zero-order chi connectivity index (χ0) is 20.5. The normalized spacial score (nSPS) is 18.3. The van der Waals surface area contributed by atoms with Gasteiger partial charge in [0.05, 0.1) is 11.6 Å². The van der Waals surface area contributed by atoms with Crippen LogP contribution in [0, 0.1) is 13.8 Å². The molecule has 0 aliphatic carbocycles. The van der Waals surface area contributed by atoms with Gasteiger partial charge in [0.1, 0.15) is 5.76 Å². The maximum atomic E-state index is 13.0. The fourth-order valence-corrected chi connectivity index (χ4v) is 3.60. The van der Waals surface area contributed by atoms with Crippen molar-refractivity contribution in [2.45, 2.75) is 19.9 Å². The molecule has 29 heavy (non-hydrogen) atoms. The summed E-state index contributed by atoms with van der Waals surface area (Å²) in [7, 11) is 0. The van der Waals surface area contributed by atoms with Crippen molar-refractivity contribution in [3.63, 3.8) is 0 Å². The average Bonchev–Trinajstić information content (AvgIpc) is 2.99. The van der Waals surface area contributed by atoms with Crippen molar-refractivity contribution in [2.75, 3.05) is 4.90 Å². The summed E-state index contributed by atoms with van der Waals surface area (Å²) >= 11 is 0. The van der Waals surface area contributed by atoms with Crippen LogP contribution in [0.1, 0.15) is 28.3 Å². The van der Waals surface area contributed by atoms with E-state index in [9.17, 15) is 14.7 Å². The third-order valence-electron chi connectivity index (χ3n) is 5.05. The number of hydrogen-bond acceptors (Lipinski definition) is 4. The minimum atomic E-state index is -0.758. The Balaban J connectivity index is 1.94. The van der Waals surface area contributed by atoms with Gasteiger partial charge in [-0.15, -0.1) is 0 Å². The van der Waals surface area contributed by atoms with Gasteiger partial charge in [-0.25, -0.2) is 0 Å². The topological polar surface area (TPSA) is 70.5 Å². The molecular formula is C24H20N2O3. The lowest BCUT2D eigenvalue weighted by Crippen LogP contribution is -2.29. The fraction of sp³-hybridized carbons (Fsp3) is 0.125. The Morgan fingerprint density at radius 3 is 2.38 bits per heavy atom. The summed E-state index contributed by atoms with van der Waals surface area (Å²) < 4.78 is 0. The van der Waals surface area contributed by atoms with Crippen LogP contribution >= 0.6 is 0 Å². The number of aryl methyl sites for hydroxylation is 2. The number of amides is 1. The highest BCUT2D eigenvalue weighted by Gasteiger charge is 2.47. The Hall–Kier alpha value is -3.73. The zero-order valence-electron chi connectivity index (χ0n) is 16.2. The lowest BCUT2D eigenvalue weighted by molar-refractivity contribution is -0.132. The molecule has 0 spiro atoms. The maximum absolute atomic E-state index is 13.0. The predicted octanol–water partition coefficient (Wildman–Crippen LogP) is 4.32. The van der Waals surface area contributed by atoms with Gasteiger partial charge in [0.15, 0.2) is 0 Å². The van der Waals surface area contributed by atoms with Gasteiger partial charge in [0.2, 0.25) is 0 Å². The summed E-state index contributed by atoms with van der Waals surface area (Å²) in [5, 5.41) is 11.0. The standard InChI is InChI=1S/C24H20N2O3/c1-15-8-10-17(11-9-15)22(27)20-21(18-6-4-12-25-14-18)26(24(29)23(20)28)19-7-3-5-16(2)13-19/h3-14,21,27H,1-2H3/b22-20+. The molecule has 1 fully saturated rings. The van der Waals surface area contributed by atoms with Crippen molar-refractivity contribution in [1.29, 1.82) is 0 Å². The number of aliphatic hydroxyl groups excluding tert-OH is 1. The highest BCUT2D eigenvalue weighted by Crippen LogP contribution is 2.42. The van der Waals surface area contributed by atoms with Gasteiger partial charge in [-0.3, -0.25) is 19.5 Å². The summed E-state index contributed by atoms with van der Waals surface area (Å²) in [5.41, 5.74) is 3.81. The highest BCUT2D eigenvalue weighted by atomic mass is 16.3. The minimum Gasteiger partial charge on any atom is -0.507 e. The number of nitrogens with zero attached hydrogens (tertiary/aromatic N) is 2. The molecule has 0 bridgehead atoms. The first-order valence-electron chi connectivity index (χ1n) is 9.32. The van der Waals surface area contributed by atoms with Gasteiger partial charge < -0.3 is 5.11 Å². The molecule has 3 aromatic rings. The van der Waals surface area contributed by atoms with Gasteiger partial charge >= 0.3 is 0 Å². The number of ketones is 1. The molecule has 5 heteroatoms. The smallest absolute Gasteiger partial charge is 0.300 e. The fourth-order valence-electron chi connectivity index (χ4n) is 3.60. The second-order valence-electron chi connectivity index (χ2n) is 7.16. The molecule has 1 saturated heterocycles. The Kier molecular flexibility index (Phi) is 4.72. The Bertz CT molecular complexity index is 1120. The minimum absolute atomic E-state index is 0.0633. The number of rotatable bonds is 3. The Morgan fingerprint density at radius 1 is 0.966 bits per heavy atom. The summed E-state index contributed by atoms with van der Waals surface area (Å²) in [6.45, 7) is 3.86. The van der Waals surface area contributed by atoms with E-state index in [1.54, 1.807) is 42.7 Å². The molecule has 1 unspecified atom stereocenters. The quantitative estimate of drug-likeness (QED) is 0.415. The number of benzene rings is 2. The second kappa shape index (κ2) is 7.36. The molecule has 0 saturated carbocycles. The van der Waals surface area contributed by atoms with Crippen molar-refractivity contribution in [3.8, 4) is 0 Å². The van der Waals surface area contributed by atoms with Gasteiger partial charge in [0, 0.05) is 23.6 Å². The third kappa shape index (κ3) is 3.31. The molecule has 5 nitrogen and oxygen atoms in total. The van der Waals surface area contributed by atoms with E-state index < -0.39 is 17.7 Å². The number of Topliss-reactive ketones (excluding diaryl/α,β-unsaturated/α-hetero) is 1. The Morgan fingerprint density at radius 2 is 1.72 bits per heavy atom. The number of aromatic nitrogens is 1. The van der Waals surface area contributed by atoms with E-state index in [4.69, 9.17) is 0 Å². The van der Waals surface area contributed by atoms with Gasteiger partial charge in [0.25, 0.3) is 11.7 Å². The van der Waals surface area contributed by atoms with Crippen LogP contribution in [-0.4, -0.2) is 21.8 Å². The molecule has 1 amide bonds. The van der Waals surface area contributed by atoms with E-state index in [2.05, 4.69) is 4.98 Å². The second-order valence-corrected chi connectivity index (χ2v) is 7.16. The SMILES string of the molecule is Cc1ccc(/C(O)=C2\C(=O)C(=O)N(c3cccc(C)c3)C2c2cccnc2)cc1. The van der Waals surface area contributed by atoms with Crippen molar-refractivity contribution in [3.05, 3.63) is 101 Å². The van der Waals surface area contributed by atoms with Crippen LogP contribution in [0.4, 0.5) is 5.69 Å². The average molecular weight is 384 g/mol. The molecule has 1 aliphatic rings. The monoisotopic (exact) mass is 384 g/mol. The molecule has 1 aromatic heterocycles. The number of aliphatic hydroxyl groups is 1. The molecule has 2 heterocycles. The number of pyridine rings is 1. The van der Waals surface area contributed by atoms with E-state index in [-0.39, 0.29) is 11.3 Å². The first-order chi connectivity index (χ1) is 14.0. The molecule has 1 N–H and O–H groups in total. The molecule has 1 atom stereocenters. The van der Waals surface area contributed by atoms with Gasteiger partial charge in [-0.2, -0.15) is 0 Å². The van der Waals surface area contributed by atoms with Crippen LogP contribution in [0.5, 0.6) is 0 Å². The zero-order valence-corrected chi connectivity index (χ0v) is 16.2. The van der Waals surface area contributed by atoms with Crippen LogP contribution in [0.25, 0.3) is 5.76 Å². The Labute approximate surface area is 169 Å². The number of carbonyl (C=O) groups is 2. The van der Waals surface area contributed by atoms with Crippen LogP contribution in [-0.2, 0) is 9.59 Å². The van der Waals surface area contributed by atoms with Crippen molar-refractivity contribution >= 4 is 23.1 Å². The third-order valence-corrected chi connectivity index (χ3v) is 5.05. The molecule has 4 rings (SSSR count). The number of anilines is 1. The maximum Gasteiger partial charge on any atom is 0.300 e. The lowest BCUT2D eigenvalue weighted by Gasteiger charge is -2.25. The molecule has 0 radical (unpaired) electrons. The molecule has 1 aliphatic heterocycles. The highest BCUT2D eigenvalue weighted by molar-refractivity contribution is 6.51. The van der Waals surface area contributed by atoms with E-state index >= 15 is 0 Å². The van der Waals surface area contributed by atoms with Gasteiger partial charge in [-0.05, 0) is 43.2 Å². The van der Waals surface area contributed by atoms with Crippen molar-refractivity contribution in [2.24, 2.45) is 0 Å². The van der Waals surface area contributed by atoms with Crippen LogP contribution in [0.2, 0.25) is 0 Å². The molecular weight excluding hydrogens is 364 g/mol. The van der Waals surface area contributed by atoms with Gasteiger partial charge in [-0.1, -0.05) is 48.0 Å². The van der Waals surface area contributed by atoms with E-state index in [0.29, 0.717) is 16.8 Å². The summed E-state index contributed by atoms with van der Waals surface area (Å²) in [5.74, 6) is -1.57. The summed E-state index contributed by atoms with van der Waals surface area (Å²) in [4.78, 5) is 31.6. The van der Waals surface area contributed by atoms with Crippen LogP contribution in [0.15, 0.2) is 78.6 Å². The predicted molar refractivity (Wildman–Crippen MR) is 111 cm³/mol. The first-order valence-corrected chi connectivity index (χ1v) is 9.32. The summed E-state index contributed by atoms with van der Waals surface area (Å²) in [6, 6.07) is 17.4. The number of hydrogen-bond donors (Lipinski definition) is 1. The first kappa shape index (κ1) is 18.6. The van der Waals surface area contributed by atoms with E-state index in [1.165, 1.54) is 4.90 Å². The van der Waals surface area contributed by atoms with Crippen LogP contribution < -0.4 is 4.90 Å². The summed E-state index contributed by atoms with van der Waals surface area (Å²) in [6.07, 6.45) is 3.24.